The van der Waals surface area contributed by atoms with E-state index < -0.39 is 0 Å². The van der Waals surface area contributed by atoms with E-state index in [9.17, 15) is 4.79 Å². The number of anilines is 1. The fourth-order valence-electron chi connectivity index (χ4n) is 1.49. The Morgan fingerprint density at radius 1 is 1.59 bits per heavy atom. The topological polar surface area (TPSA) is 64.7 Å². The van der Waals surface area contributed by atoms with Gasteiger partial charge in [-0.15, -0.1) is 0 Å². The summed E-state index contributed by atoms with van der Waals surface area (Å²) in [5, 5.41) is 10.9. The lowest BCUT2D eigenvalue weighted by atomic mass is 10.4. The van der Waals surface area contributed by atoms with Gasteiger partial charge in [0.05, 0.1) is 10.7 Å². The van der Waals surface area contributed by atoms with Crippen LogP contribution in [0.1, 0.15) is 17.4 Å². The molecule has 90 valence electrons. The molecule has 0 bridgehead atoms. The van der Waals surface area contributed by atoms with Crippen LogP contribution in [0.4, 0.5) is 5.82 Å². The van der Waals surface area contributed by atoms with E-state index in [0.717, 1.165) is 0 Å². The lowest BCUT2D eigenvalue weighted by Gasteiger charge is -2.05. The number of amides is 1. The van der Waals surface area contributed by atoms with Crippen molar-refractivity contribution in [3.05, 3.63) is 28.6 Å². The van der Waals surface area contributed by atoms with Crippen LogP contribution in [-0.2, 0) is 13.6 Å². The molecule has 0 aliphatic heterocycles. The summed E-state index contributed by atoms with van der Waals surface area (Å²) in [4.78, 5) is 12.0. The number of aryl methyl sites for hydroxylation is 2. The van der Waals surface area contributed by atoms with Gasteiger partial charge in [-0.05, 0) is 22.9 Å². The average Bonchev–Trinajstić information content (AvgIpc) is 2.84. The minimum atomic E-state index is -0.227. The number of carbonyl (C=O) groups is 1. The smallest absolute Gasteiger partial charge is 0.276 e. The van der Waals surface area contributed by atoms with E-state index in [4.69, 9.17) is 0 Å². The highest BCUT2D eigenvalue weighted by Crippen LogP contribution is 2.17. The van der Waals surface area contributed by atoms with Crippen LogP contribution in [0.15, 0.2) is 22.9 Å². The number of nitrogens with one attached hydrogen (secondary N) is 1. The van der Waals surface area contributed by atoms with Crippen molar-refractivity contribution in [2.24, 2.45) is 7.05 Å². The van der Waals surface area contributed by atoms with Gasteiger partial charge >= 0.3 is 0 Å². The summed E-state index contributed by atoms with van der Waals surface area (Å²) >= 11 is 3.31. The van der Waals surface area contributed by atoms with E-state index in [-0.39, 0.29) is 5.91 Å². The van der Waals surface area contributed by atoms with Gasteiger partial charge in [-0.2, -0.15) is 10.2 Å². The van der Waals surface area contributed by atoms with Gasteiger partial charge in [-0.3, -0.25) is 14.2 Å². The third-order valence-electron chi connectivity index (χ3n) is 2.26. The maximum atomic E-state index is 12.0. The molecular formula is C10H12BrN5O. The van der Waals surface area contributed by atoms with Gasteiger partial charge in [0.2, 0.25) is 0 Å². The molecule has 0 saturated heterocycles. The van der Waals surface area contributed by atoms with Crippen molar-refractivity contribution >= 4 is 27.7 Å². The number of hydrogen-bond donors (Lipinski definition) is 1. The molecule has 2 aromatic heterocycles. The van der Waals surface area contributed by atoms with Crippen molar-refractivity contribution in [2.75, 3.05) is 5.32 Å². The first kappa shape index (κ1) is 11.8. The summed E-state index contributed by atoms with van der Waals surface area (Å²) < 4.78 is 3.93. The standard InChI is InChI=1S/C10H12BrN5O/c1-3-16-9(7(11)6-12-16)10(17)13-8-4-5-15(2)14-8/h4-6H,3H2,1-2H3,(H,13,14,17). The van der Waals surface area contributed by atoms with Gasteiger partial charge < -0.3 is 5.32 Å². The van der Waals surface area contributed by atoms with Gasteiger partial charge in [-0.25, -0.2) is 0 Å². The maximum Gasteiger partial charge on any atom is 0.276 e. The first-order chi connectivity index (χ1) is 8.11. The Morgan fingerprint density at radius 2 is 2.35 bits per heavy atom. The van der Waals surface area contributed by atoms with Gasteiger partial charge in [-0.1, -0.05) is 0 Å². The fourth-order valence-corrected chi connectivity index (χ4v) is 1.96. The first-order valence-corrected chi connectivity index (χ1v) is 5.93. The van der Waals surface area contributed by atoms with Crippen LogP contribution in [0.3, 0.4) is 0 Å². The first-order valence-electron chi connectivity index (χ1n) is 5.14. The van der Waals surface area contributed by atoms with Crippen molar-refractivity contribution in [1.29, 1.82) is 0 Å². The Morgan fingerprint density at radius 3 is 2.94 bits per heavy atom. The molecule has 0 atom stereocenters. The van der Waals surface area contributed by atoms with Crippen LogP contribution in [-0.4, -0.2) is 25.5 Å². The SMILES string of the molecule is CCn1ncc(Br)c1C(=O)Nc1ccn(C)n1. The molecule has 6 nitrogen and oxygen atoms in total. The lowest BCUT2D eigenvalue weighted by Crippen LogP contribution is -2.18. The Balaban J connectivity index is 2.22. The molecular weight excluding hydrogens is 286 g/mol. The third kappa shape index (κ3) is 2.38. The molecule has 7 heteroatoms. The molecule has 0 spiro atoms. The van der Waals surface area contributed by atoms with E-state index in [2.05, 4.69) is 31.4 Å². The minimum Gasteiger partial charge on any atom is -0.304 e. The Hall–Kier alpha value is -1.63. The van der Waals surface area contributed by atoms with Crippen molar-refractivity contribution < 1.29 is 4.79 Å². The molecule has 1 N–H and O–H groups in total. The van der Waals surface area contributed by atoms with Crippen molar-refractivity contribution in [3.8, 4) is 0 Å². The highest BCUT2D eigenvalue weighted by atomic mass is 79.9. The number of rotatable bonds is 3. The van der Waals surface area contributed by atoms with E-state index in [1.165, 1.54) is 0 Å². The maximum absolute atomic E-state index is 12.0. The molecule has 17 heavy (non-hydrogen) atoms. The normalized spacial score (nSPS) is 10.5. The molecule has 2 aromatic rings. The van der Waals surface area contributed by atoms with Gasteiger partial charge in [0.1, 0.15) is 5.69 Å². The molecule has 0 saturated carbocycles. The zero-order valence-electron chi connectivity index (χ0n) is 9.51. The van der Waals surface area contributed by atoms with E-state index >= 15 is 0 Å². The molecule has 0 unspecified atom stereocenters. The molecule has 0 aliphatic carbocycles. The van der Waals surface area contributed by atoms with Crippen LogP contribution < -0.4 is 5.32 Å². The molecule has 2 rings (SSSR count). The fraction of sp³-hybridized carbons (Fsp3) is 0.300. The second kappa shape index (κ2) is 4.70. The van der Waals surface area contributed by atoms with Crippen LogP contribution in [0.5, 0.6) is 0 Å². The monoisotopic (exact) mass is 297 g/mol. The van der Waals surface area contributed by atoms with Crippen LogP contribution >= 0.6 is 15.9 Å². The highest BCUT2D eigenvalue weighted by Gasteiger charge is 2.17. The lowest BCUT2D eigenvalue weighted by molar-refractivity contribution is 0.101. The summed E-state index contributed by atoms with van der Waals surface area (Å²) in [6.07, 6.45) is 3.37. The van der Waals surface area contributed by atoms with E-state index in [1.807, 2.05) is 6.92 Å². The number of nitrogens with zero attached hydrogens (tertiary/aromatic N) is 4. The number of carbonyl (C=O) groups excluding carboxylic acids is 1. The second-order valence-electron chi connectivity index (χ2n) is 3.49. The van der Waals surface area contributed by atoms with Crippen LogP contribution in [0.25, 0.3) is 0 Å². The molecule has 1 amide bonds. The molecule has 0 aliphatic rings. The van der Waals surface area contributed by atoms with Crippen LogP contribution in [0.2, 0.25) is 0 Å². The Bertz CT molecular complexity index is 545. The molecule has 0 radical (unpaired) electrons. The Labute approximate surface area is 107 Å². The zero-order valence-corrected chi connectivity index (χ0v) is 11.1. The summed E-state index contributed by atoms with van der Waals surface area (Å²) in [6.45, 7) is 2.56. The average molecular weight is 298 g/mol. The predicted octanol–water partition coefficient (Wildman–Crippen LogP) is 1.65. The number of hydrogen-bond acceptors (Lipinski definition) is 3. The molecule has 0 aromatic carbocycles. The third-order valence-corrected chi connectivity index (χ3v) is 2.84. The summed E-state index contributed by atoms with van der Waals surface area (Å²) in [7, 11) is 1.79. The minimum absolute atomic E-state index is 0.227. The van der Waals surface area contributed by atoms with Gasteiger partial charge in [0.15, 0.2) is 5.82 Å². The Kier molecular flexibility index (Phi) is 3.28. The van der Waals surface area contributed by atoms with Gasteiger partial charge in [0.25, 0.3) is 5.91 Å². The summed E-state index contributed by atoms with van der Waals surface area (Å²) in [5.74, 6) is 0.295. The van der Waals surface area contributed by atoms with Crippen molar-refractivity contribution in [3.63, 3.8) is 0 Å². The molecule has 2 heterocycles. The largest absolute Gasteiger partial charge is 0.304 e. The quantitative estimate of drug-likeness (QED) is 0.937. The number of aromatic nitrogens is 4. The zero-order chi connectivity index (χ0) is 12.4. The van der Waals surface area contributed by atoms with E-state index in [1.54, 1.807) is 34.9 Å². The van der Waals surface area contributed by atoms with Gasteiger partial charge in [0, 0.05) is 25.9 Å². The van der Waals surface area contributed by atoms with Crippen molar-refractivity contribution in [2.45, 2.75) is 13.5 Å². The molecule has 0 fully saturated rings. The van der Waals surface area contributed by atoms with E-state index in [0.29, 0.717) is 22.5 Å². The number of halogens is 1. The second-order valence-corrected chi connectivity index (χ2v) is 4.34. The van der Waals surface area contributed by atoms with Crippen LogP contribution in [0, 0.1) is 0 Å². The predicted molar refractivity (Wildman–Crippen MR) is 66.8 cm³/mol. The summed E-state index contributed by atoms with van der Waals surface area (Å²) in [6, 6.07) is 1.73. The van der Waals surface area contributed by atoms with Crippen molar-refractivity contribution in [1.82, 2.24) is 19.6 Å². The highest BCUT2D eigenvalue weighted by molar-refractivity contribution is 9.10. The summed E-state index contributed by atoms with van der Waals surface area (Å²) in [5.41, 5.74) is 0.498.